The van der Waals surface area contributed by atoms with Crippen LogP contribution in [0.5, 0.6) is 0 Å². The van der Waals surface area contributed by atoms with Gasteiger partial charge in [0.15, 0.2) is 4.77 Å². The Morgan fingerprint density at radius 2 is 2.04 bits per heavy atom. The zero-order chi connectivity index (χ0) is 16.9. The summed E-state index contributed by atoms with van der Waals surface area (Å²) in [5, 5.41) is 0.640. The average Bonchev–Trinajstić information content (AvgIpc) is 3.11. The summed E-state index contributed by atoms with van der Waals surface area (Å²) in [5.74, 6) is 0.0349. The number of aromatic nitrogens is 4. The first kappa shape index (κ1) is 16.3. The number of hydrogen-bond acceptors (Lipinski definition) is 4. The molecule has 0 aliphatic carbocycles. The van der Waals surface area contributed by atoms with E-state index in [-0.39, 0.29) is 11.5 Å². The van der Waals surface area contributed by atoms with Crippen LogP contribution in [0.2, 0.25) is 0 Å². The van der Waals surface area contributed by atoms with E-state index in [1.54, 1.807) is 23.0 Å². The molecule has 0 saturated carbocycles. The van der Waals surface area contributed by atoms with E-state index in [2.05, 4.69) is 9.97 Å². The number of nitrogens with zero attached hydrogens (tertiary/aromatic N) is 3. The van der Waals surface area contributed by atoms with Crippen LogP contribution in [0.1, 0.15) is 30.5 Å². The normalized spacial score (nSPS) is 11.0. The van der Waals surface area contributed by atoms with Gasteiger partial charge in [-0.3, -0.25) is 18.7 Å². The Hall–Kier alpha value is -2.54. The second-order valence-corrected chi connectivity index (χ2v) is 5.99. The molecule has 124 valence electrons. The van der Waals surface area contributed by atoms with Crippen molar-refractivity contribution in [2.45, 2.75) is 32.2 Å². The number of aromatic amines is 1. The topological polar surface area (TPSA) is 72.7 Å². The molecule has 0 bridgehead atoms. The molecule has 0 aliphatic rings. The van der Waals surface area contributed by atoms with Crippen molar-refractivity contribution in [2.24, 2.45) is 0 Å². The molecule has 0 atom stereocenters. The minimum atomic E-state index is -0.0659. The molecule has 3 rings (SSSR count). The Morgan fingerprint density at radius 1 is 1.21 bits per heavy atom. The molecule has 2 heterocycles. The molecular weight excluding hydrogens is 324 g/mol. The third kappa shape index (κ3) is 3.51. The highest BCUT2D eigenvalue weighted by atomic mass is 32.1. The number of benzene rings is 1. The maximum absolute atomic E-state index is 12.5. The number of nitrogens with one attached hydrogen (secondary N) is 1. The molecule has 3 aromatic rings. The minimum absolute atomic E-state index is 0.0349. The van der Waals surface area contributed by atoms with Crippen LogP contribution in [0.4, 0.5) is 0 Å². The standard InChI is InChI=1S/C17H18N4O2S/c22-15(20-11-9-18-12-20)8-2-1-5-10-21-16(23)13-6-3-4-7-14(13)19-17(21)24/h3-4,6-7,9,11-12H,1-2,5,8,10H2,(H,19,24). The molecule has 6 nitrogen and oxygen atoms in total. The Kier molecular flexibility index (Phi) is 5.00. The number of para-hydroxylation sites is 1. The Labute approximate surface area is 143 Å². The number of hydrogen-bond donors (Lipinski definition) is 1. The van der Waals surface area contributed by atoms with Crippen LogP contribution < -0.4 is 5.56 Å². The summed E-state index contributed by atoms with van der Waals surface area (Å²) in [6.07, 6.45) is 7.64. The van der Waals surface area contributed by atoms with Crippen molar-refractivity contribution in [1.29, 1.82) is 0 Å². The Morgan fingerprint density at radius 3 is 2.83 bits per heavy atom. The van der Waals surface area contributed by atoms with Crippen LogP contribution in [-0.4, -0.2) is 25.0 Å². The monoisotopic (exact) mass is 342 g/mol. The van der Waals surface area contributed by atoms with E-state index >= 15 is 0 Å². The first-order valence-corrected chi connectivity index (χ1v) is 8.30. The van der Waals surface area contributed by atoms with E-state index in [1.807, 2.05) is 18.2 Å². The lowest BCUT2D eigenvalue weighted by atomic mass is 10.2. The molecule has 1 N–H and O–H groups in total. The van der Waals surface area contributed by atoms with Crippen molar-refractivity contribution in [1.82, 2.24) is 19.1 Å². The van der Waals surface area contributed by atoms with Gasteiger partial charge in [0, 0.05) is 25.4 Å². The summed E-state index contributed by atoms with van der Waals surface area (Å²) >= 11 is 5.28. The van der Waals surface area contributed by atoms with Crippen molar-refractivity contribution in [3.63, 3.8) is 0 Å². The molecule has 0 amide bonds. The van der Waals surface area contributed by atoms with Crippen LogP contribution in [0.3, 0.4) is 0 Å². The summed E-state index contributed by atoms with van der Waals surface area (Å²) in [7, 11) is 0. The van der Waals surface area contributed by atoms with Gasteiger partial charge < -0.3 is 4.98 Å². The van der Waals surface area contributed by atoms with Gasteiger partial charge in [-0.15, -0.1) is 0 Å². The van der Waals surface area contributed by atoms with Crippen LogP contribution in [0, 0.1) is 4.77 Å². The zero-order valence-corrected chi connectivity index (χ0v) is 14.0. The largest absolute Gasteiger partial charge is 0.332 e. The Bertz CT molecular complexity index is 957. The van der Waals surface area contributed by atoms with Crippen LogP contribution in [0.25, 0.3) is 10.9 Å². The van der Waals surface area contributed by atoms with Crippen LogP contribution in [-0.2, 0) is 6.54 Å². The van der Waals surface area contributed by atoms with E-state index in [0.717, 1.165) is 24.8 Å². The molecule has 2 aromatic heterocycles. The van der Waals surface area contributed by atoms with Gasteiger partial charge >= 0.3 is 0 Å². The fraction of sp³-hybridized carbons (Fsp3) is 0.294. The molecular formula is C17H18N4O2S. The van der Waals surface area contributed by atoms with E-state index in [0.29, 0.717) is 23.1 Å². The fourth-order valence-corrected chi connectivity index (χ4v) is 2.94. The van der Waals surface area contributed by atoms with Crippen molar-refractivity contribution in [3.05, 3.63) is 58.1 Å². The molecule has 0 fully saturated rings. The van der Waals surface area contributed by atoms with E-state index in [9.17, 15) is 9.59 Å². The average molecular weight is 342 g/mol. The molecule has 24 heavy (non-hydrogen) atoms. The van der Waals surface area contributed by atoms with Crippen molar-refractivity contribution in [2.75, 3.05) is 0 Å². The molecule has 0 saturated heterocycles. The summed E-state index contributed by atoms with van der Waals surface area (Å²) in [4.78, 5) is 31.3. The van der Waals surface area contributed by atoms with E-state index in [4.69, 9.17) is 12.2 Å². The van der Waals surface area contributed by atoms with Gasteiger partial charge in [0.25, 0.3) is 5.56 Å². The maximum Gasteiger partial charge on any atom is 0.262 e. The number of carbonyl (C=O) groups is 1. The second-order valence-electron chi connectivity index (χ2n) is 5.61. The second kappa shape index (κ2) is 7.35. The van der Waals surface area contributed by atoms with Crippen molar-refractivity contribution in [3.8, 4) is 0 Å². The fourth-order valence-electron chi connectivity index (χ4n) is 2.66. The predicted molar refractivity (Wildman–Crippen MR) is 94.7 cm³/mol. The maximum atomic E-state index is 12.5. The van der Waals surface area contributed by atoms with Crippen molar-refractivity contribution < 1.29 is 4.79 Å². The molecule has 0 radical (unpaired) electrons. The SMILES string of the molecule is O=C(CCCCCn1c(=S)[nH]c2ccccc2c1=O)n1ccnc1. The van der Waals surface area contributed by atoms with Crippen LogP contribution in [0.15, 0.2) is 47.8 Å². The highest BCUT2D eigenvalue weighted by Crippen LogP contribution is 2.08. The molecule has 7 heteroatoms. The third-order valence-electron chi connectivity index (χ3n) is 3.95. The smallest absolute Gasteiger partial charge is 0.262 e. The van der Waals surface area contributed by atoms with Crippen LogP contribution >= 0.6 is 12.2 Å². The van der Waals surface area contributed by atoms with Gasteiger partial charge in [0.2, 0.25) is 5.91 Å². The van der Waals surface area contributed by atoms with Gasteiger partial charge in [-0.05, 0) is 37.2 Å². The lowest BCUT2D eigenvalue weighted by Crippen LogP contribution is -2.22. The molecule has 0 unspecified atom stereocenters. The molecule has 0 aliphatic heterocycles. The number of fused-ring (bicyclic) bond motifs is 1. The number of rotatable bonds is 6. The number of unbranched alkanes of at least 4 members (excludes halogenated alkanes) is 2. The predicted octanol–water partition coefficient (Wildman–Crippen LogP) is 3.16. The van der Waals surface area contributed by atoms with Gasteiger partial charge in [-0.1, -0.05) is 18.6 Å². The highest BCUT2D eigenvalue weighted by molar-refractivity contribution is 7.71. The lowest BCUT2D eigenvalue weighted by molar-refractivity contribution is 0.0898. The zero-order valence-electron chi connectivity index (χ0n) is 13.1. The highest BCUT2D eigenvalue weighted by Gasteiger charge is 2.06. The third-order valence-corrected chi connectivity index (χ3v) is 4.28. The van der Waals surface area contributed by atoms with Gasteiger partial charge in [0.05, 0.1) is 10.9 Å². The van der Waals surface area contributed by atoms with Gasteiger partial charge in [-0.2, -0.15) is 0 Å². The van der Waals surface area contributed by atoms with Crippen molar-refractivity contribution >= 4 is 29.0 Å². The summed E-state index contributed by atoms with van der Waals surface area (Å²) in [6.45, 7) is 0.554. The summed E-state index contributed by atoms with van der Waals surface area (Å²) < 4.78 is 3.52. The summed E-state index contributed by atoms with van der Waals surface area (Å²) in [6, 6.07) is 7.35. The van der Waals surface area contributed by atoms with Gasteiger partial charge in [-0.25, -0.2) is 4.98 Å². The minimum Gasteiger partial charge on any atom is -0.332 e. The Balaban J connectivity index is 1.57. The first-order valence-electron chi connectivity index (χ1n) is 7.90. The number of H-pyrrole nitrogens is 1. The van der Waals surface area contributed by atoms with Gasteiger partial charge in [0.1, 0.15) is 6.33 Å². The first-order chi connectivity index (χ1) is 11.7. The number of carbonyl (C=O) groups excluding carboxylic acids is 1. The van der Waals surface area contributed by atoms with E-state index in [1.165, 1.54) is 10.9 Å². The summed E-state index contributed by atoms with van der Waals surface area (Å²) in [5.41, 5.74) is 0.693. The molecule has 1 aromatic carbocycles. The lowest BCUT2D eigenvalue weighted by Gasteiger charge is -2.08. The number of imidazole rings is 1. The van der Waals surface area contributed by atoms with E-state index < -0.39 is 0 Å². The quantitative estimate of drug-likeness (QED) is 0.552. The molecule has 0 spiro atoms.